The van der Waals surface area contributed by atoms with E-state index >= 15 is 0 Å². The minimum atomic E-state index is -0.730. The topological polar surface area (TPSA) is 66.8 Å². The van der Waals surface area contributed by atoms with Gasteiger partial charge in [0.2, 0.25) is 5.91 Å². The highest BCUT2D eigenvalue weighted by Crippen LogP contribution is 2.31. The number of amides is 2. The van der Waals surface area contributed by atoms with Gasteiger partial charge in [0.05, 0.1) is 18.1 Å². The van der Waals surface area contributed by atoms with E-state index in [0.29, 0.717) is 6.42 Å². The van der Waals surface area contributed by atoms with E-state index in [2.05, 4.69) is 0 Å². The second-order valence-electron chi connectivity index (χ2n) is 5.93. The first-order valence-electron chi connectivity index (χ1n) is 6.38. The van der Waals surface area contributed by atoms with Crippen LogP contribution in [0.4, 0.5) is 4.79 Å². The third-order valence-corrected chi connectivity index (χ3v) is 3.50. The molecule has 18 heavy (non-hydrogen) atoms. The van der Waals surface area contributed by atoms with Crippen molar-refractivity contribution >= 4 is 12.0 Å². The van der Waals surface area contributed by atoms with Crippen LogP contribution in [0.25, 0.3) is 0 Å². The Labute approximate surface area is 108 Å². The number of imide groups is 1. The molecule has 1 heterocycles. The van der Waals surface area contributed by atoms with Crippen molar-refractivity contribution in [3.8, 4) is 0 Å². The highest BCUT2D eigenvalue weighted by atomic mass is 16.6. The zero-order valence-corrected chi connectivity index (χ0v) is 11.8. The lowest BCUT2D eigenvalue weighted by Gasteiger charge is -2.32. The fraction of sp³-hybridized carbons (Fsp3) is 0.846. The molecule has 1 saturated heterocycles. The molecule has 0 saturated carbocycles. The van der Waals surface area contributed by atoms with E-state index in [1.165, 1.54) is 4.90 Å². The molecule has 1 aliphatic heterocycles. The third-order valence-electron chi connectivity index (χ3n) is 3.50. The molecular formula is C13H23NO4. The third kappa shape index (κ3) is 2.83. The van der Waals surface area contributed by atoms with Gasteiger partial charge in [-0.15, -0.1) is 0 Å². The molecule has 1 N–H and O–H groups in total. The summed E-state index contributed by atoms with van der Waals surface area (Å²) in [5.74, 6) is -0.947. The molecular weight excluding hydrogens is 234 g/mol. The summed E-state index contributed by atoms with van der Waals surface area (Å²) in [4.78, 5) is 25.1. The van der Waals surface area contributed by atoms with Gasteiger partial charge in [-0.1, -0.05) is 34.6 Å². The van der Waals surface area contributed by atoms with E-state index in [4.69, 9.17) is 4.74 Å². The lowest BCUT2D eigenvalue weighted by Crippen LogP contribution is -2.49. The number of ether oxygens (including phenoxy) is 1. The summed E-state index contributed by atoms with van der Waals surface area (Å²) in [5, 5.41) is 9.73. The smallest absolute Gasteiger partial charge is 0.417 e. The summed E-state index contributed by atoms with van der Waals surface area (Å²) < 4.78 is 4.97. The molecule has 1 rings (SSSR count). The number of carbonyl (C=O) groups excluding carboxylic acids is 2. The Balaban J connectivity index is 2.91. The van der Waals surface area contributed by atoms with E-state index < -0.39 is 18.1 Å². The molecule has 1 aliphatic rings. The van der Waals surface area contributed by atoms with Gasteiger partial charge in [-0.3, -0.25) is 4.79 Å². The molecule has 0 aliphatic carbocycles. The van der Waals surface area contributed by atoms with Crippen molar-refractivity contribution in [3.05, 3.63) is 0 Å². The largest absolute Gasteiger partial charge is 0.447 e. The van der Waals surface area contributed by atoms with Gasteiger partial charge in [0.25, 0.3) is 0 Å². The van der Waals surface area contributed by atoms with Gasteiger partial charge < -0.3 is 9.84 Å². The van der Waals surface area contributed by atoms with Crippen molar-refractivity contribution in [2.45, 2.75) is 53.2 Å². The molecule has 5 nitrogen and oxygen atoms in total. The van der Waals surface area contributed by atoms with Crippen LogP contribution in [-0.2, 0) is 9.53 Å². The predicted octanol–water partition coefficient (Wildman–Crippen LogP) is 1.79. The lowest BCUT2D eigenvalue weighted by molar-refractivity contribution is -0.137. The van der Waals surface area contributed by atoms with Crippen LogP contribution in [-0.4, -0.2) is 40.8 Å². The molecule has 5 heteroatoms. The first kappa shape index (κ1) is 15.0. The average Bonchev–Trinajstić information content (AvgIpc) is 2.67. The maximum absolute atomic E-state index is 12.3. The molecule has 2 amide bonds. The molecule has 0 aromatic rings. The summed E-state index contributed by atoms with van der Waals surface area (Å²) in [5.41, 5.74) is -0.237. The summed E-state index contributed by atoms with van der Waals surface area (Å²) in [6, 6.07) is -0.274. The number of rotatable bonds is 3. The maximum Gasteiger partial charge on any atom is 0.417 e. The summed E-state index contributed by atoms with van der Waals surface area (Å²) >= 11 is 0. The molecule has 0 spiro atoms. The zero-order valence-electron chi connectivity index (χ0n) is 11.8. The van der Waals surface area contributed by atoms with Gasteiger partial charge in [0.15, 0.2) is 0 Å². The van der Waals surface area contributed by atoms with Gasteiger partial charge in [-0.05, 0) is 11.8 Å². The first-order valence-corrected chi connectivity index (χ1v) is 6.38. The lowest BCUT2D eigenvalue weighted by atomic mass is 9.86. The number of cyclic esters (lactones) is 1. The molecule has 0 aromatic carbocycles. The van der Waals surface area contributed by atoms with Gasteiger partial charge in [-0.2, -0.15) is 0 Å². The van der Waals surface area contributed by atoms with E-state index in [-0.39, 0.29) is 24.0 Å². The second-order valence-corrected chi connectivity index (χ2v) is 5.93. The van der Waals surface area contributed by atoms with Crippen LogP contribution >= 0.6 is 0 Å². The van der Waals surface area contributed by atoms with Crippen molar-refractivity contribution in [3.63, 3.8) is 0 Å². The molecule has 104 valence electrons. The van der Waals surface area contributed by atoms with Gasteiger partial charge >= 0.3 is 6.09 Å². The highest BCUT2D eigenvalue weighted by Gasteiger charge is 2.45. The normalized spacial score (nSPS) is 23.8. The summed E-state index contributed by atoms with van der Waals surface area (Å²) in [6.45, 7) is 9.55. The molecule has 0 aromatic heterocycles. The van der Waals surface area contributed by atoms with E-state index in [1.807, 2.05) is 20.8 Å². The number of hydrogen-bond donors (Lipinski definition) is 1. The molecule has 0 radical (unpaired) electrons. The minimum Gasteiger partial charge on any atom is -0.447 e. The molecule has 0 bridgehead atoms. The standard InChI is InChI=1S/C13H23NO4/c1-6-9(15)8(2)11(16)14-10(13(3,4)5)7-18-12(14)17/h8-10,15H,6-7H2,1-5H3/t8-,9+,10+/m0/s1. The van der Waals surface area contributed by atoms with Crippen LogP contribution in [0.1, 0.15) is 41.0 Å². The number of nitrogens with zero attached hydrogens (tertiary/aromatic N) is 1. The fourth-order valence-corrected chi connectivity index (χ4v) is 2.04. The minimum absolute atomic E-state index is 0.225. The Kier molecular flexibility index (Phi) is 4.37. The van der Waals surface area contributed by atoms with Crippen molar-refractivity contribution < 1.29 is 19.4 Å². The summed E-state index contributed by atoms with van der Waals surface area (Å²) in [6.07, 6.45) is -0.850. The Morgan fingerprint density at radius 1 is 1.56 bits per heavy atom. The van der Waals surface area contributed by atoms with E-state index in [1.54, 1.807) is 13.8 Å². The van der Waals surface area contributed by atoms with Crippen molar-refractivity contribution in [1.82, 2.24) is 4.90 Å². The van der Waals surface area contributed by atoms with Crippen LogP contribution < -0.4 is 0 Å². The fourth-order valence-electron chi connectivity index (χ4n) is 2.04. The Hall–Kier alpha value is -1.10. The van der Waals surface area contributed by atoms with E-state index in [0.717, 1.165) is 0 Å². The molecule has 0 unspecified atom stereocenters. The number of aliphatic hydroxyl groups excluding tert-OH is 1. The van der Waals surface area contributed by atoms with Crippen molar-refractivity contribution in [2.75, 3.05) is 6.61 Å². The van der Waals surface area contributed by atoms with Crippen LogP contribution in [0.2, 0.25) is 0 Å². The quantitative estimate of drug-likeness (QED) is 0.837. The van der Waals surface area contributed by atoms with Crippen LogP contribution in [0.15, 0.2) is 0 Å². The van der Waals surface area contributed by atoms with Gasteiger partial charge in [0, 0.05) is 0 Å². The number of carbonyl (C=O) groups is 2. The highest BCUT2D eigenvalue weighted by molar-refractivity contribution is 5.95. The van der Waals surface area contributed by atoms with Crippen LogP contribution in [0, 0.1) is 11.3 Å². The predicted molar refractivity (Wildman–Crippen MR) is 66.9 cm³/mol. The van der Waals surface area contributed by atoms with Crippen molar-refractivity contribution in [1.29, 1.82) is 0 Å². The Morgan fingerprint density at radius 3 is 2.56 bits per heavy atom. The van der Waals surface area contributed by atoms with Crippen LogP contribution in [0.5, 0.6) is 0 Å². The molecule has 1 fully saturated rings. The number of aliphatic hydroxyl groups is 1. The van der Waals surface area contributed by atoms with Crippen molar-refractivity contribution in [2.24, 2.45) is 11.3 Å². The Morgan fingerprint density at radius 2 is 2.11 bits per heavy atom. The average molecular weight is 257 g/mol. The first-order chi connectivity index (χ1) is 8.20. The maximum atomic E-state index is 12.3. The summed E-state index contributed by atoms with van der Waals surface area (Å²) in [7, 11) is 0. The number of hydrogen-bond acceptors (Lipinski definition) is 4. The second kappa shape index (κ2) is 5.26. The molecule has 3 atom stereocenters. The monoisotopic (exact) mass is 257 g/mol. The SMILES string of the molecule is CC[C@@H](O)[C@H](C)C(=O)N1C(=O)OC[C@@H]1C(C)(C)C. The zero-order chi connectivity index (χ0) is 14.1. The Bertz CT molecular complexity index is 334. The van der Waals surface area contributed by atoms with E-state index in [9.17, 15) is 14.7 Å². The van der Waals surface area contributed by atoms with Gasteiger partial charge in [0.1, 0.15) is 6.61 Å². The van der Waals surface area contributed by atoms with Gasteiger partial charge in [-0.25, -0.2) is 9.69 Å². The van der Waals surface area contributed by atoms with Crippen LogP contribution in [0.3, 0.4) is 0 Å².